The molecule has 32 heavy (non-hydrogen) atoms. The van der Waals surface area contributed by atoms with Crippen LogP contribution in [0.4, 0.5) is 10.1 Å². The first kappa shape index (κ1) is 21.3. The smallest absolute Gasteiger partial charge is 0.342 e. The lowest BCUT2D eigenvalue weighted by Gasteiger charge is -2.37. The number of hydrogen-bond acceptors (Lipinski definition) is 5. The summed E-state index contributed by atoms with van der Waals surface area (Å²) in [6, 6.07) is 9.04. The van der Waals surface area contributed by atoms with Crippen molar-refractivity contribution < 1.29 is 14.3 Å². The van der Waals surface area contributed by atoms with Crippen molar-refractivity contribution in [2.24, 2.45) is 0 Å². The summed E-state index contributed by atoms with van der Waals surface area (Å²) in [7, 11) is 0. The highest BCUT2D eigenvalue weighted by atomic mass is 35.5. The summed E-state index contributed by atoms with van der Waals surface area (Å²) in [6.45, 7) is 4.60. The second-order valence-corrected chi connectivity index (χ2v) is 9.38. The molecule has 166 valence electrons. The molecule has 0 amide bonds. The first-order chi connectivity index (χ1) is 15.4. The SMILES string of the molecule is CCc1c(F)c(N2CCNCC2)cc2c1c(=O)c(C(=O)O)c1n2C(c2ccc(Cl)cc2)S1. The molecular formula is C23H21ClFN3O3S. The number of fused-ring (bicyclic) bond motifs is 3. The molecule has 1 atom stereocenters. The Hall–Kier alpha value is -2.55. The maximum atomic E-state index is 15.6. The van der Waals surface area contributed by atoms with Crippen LogP contribution in [-0.2, 0) is 6.42 Å². The Balaban J connectivity index is 1.82. The highest BCUT2D eigenvalue weighted by Gasteiger charge is 2.37. The zero-order valence-electron chi connectivity index (χ0n) is 17.3. The summed E-state index contributed by atoms with van der Waals surface area (Å²) >= 11 is 7.36. The number of benzene rings is 2. The summed E-state index contributed by atoms with van der Waals surface area (Å²) in [5.74, 6) is -1.73. The van der Waals surface area contributed by atoms with Gasteiger partial charge in [0.1, 0.15) is 10.9 Å². The van der Waals surface area contributed by atoms with Gasteiger partial charge in [-0.05, 0) is 30.2 Å². The number of anilines is 1. The molecule has 1 aromatic heterocycles. The van der Waals surface area contributed by atoms with Crippen LogP contribution < -0.4 is 15.6 Å². The third kappa shape index (κ3) is 3.20. The van der Waals surface area contributed by atoms with E-state index in [-0.39, 0.29) is 28.3 Å². The number of hydrogen-bond donors (Lipinski definition) is 2. The zero-order valence-corrected chi connectivity index (χ0v) is 18.9. The number of piperazine rings is 1. The molecule has 5 rings (SSSR count). The number of carbonyl (C=O) groups is 1. The number of aromatic nitrogens is 1. The van der Waals surface area contributed by atoms with Crippen LogP contribution in [-0.4, -0.2) is 41.8 Å². The topological polar surface area (TPSA) is 74.6 Å². The molecule has 2 N–H and O–H groups in total. The minimum atomic E-state index is -1.30. The van der Waals surface area contributed by atoms with Gasteiger partial charge in [0.25, 0.3) is 0 Å². The van der Waals surface area contributed by atoms with Crippen LogP contribution in [0, 0.1) is 5.82 Å². The predicted octanol–water partition coefficient (Wildman–Crippen LogP) is 4.12. The van der Waals surface area contributed by atoms with Crippen LogP contribution >= 0.6 is 23.4 Å². The number of rotatable bonds is 4. The molecule has 0 aliphatic carbocycles. The molecule has 1 unspecified atom stereocenters. The van der Waals surface area contributed by atoms with Gasteiger partial charge < -0.3 is 19.9 Å². The summed E-state index contributed by atoms with van der Waals surface area (Å²) in [5, 5.41) is 14.0. The summed E-state index contributed by atoms with van der Waals surface area (Å²) < 4.78 is 17.5. The molecule has 0 radical (unpaired) electrons. The summed E-state index contributed by atoms with van der Waals surface area (Å²) in [5.41, 5.74) is 1.31. The van der Waals surface area contributed by atoms with Crippen LogP contribution in [0.15, 0.2) is 40.2 Å². The van der Waals surface area contributed by atoms with E-state index in [1.54, 1.807) is 25.1 Å². The molecule has 9 heteroatoms. The second kappa shape index (κ2) is 8.10. The van der Waals surface area contributed by atoms with Gasteiger partial charge in [-0.1, -0.05) is 42.4 Å². The van der Waals surface area contributed by atoms with Gasteiger partial charge >= 0.3 is 5.97 Å². The maximum Gasteiger partial charge on any atom is 0.342 e. The van der Waals surface area contributed by atoms with Crippen molar-refractivity contribution in [1.29, 1.82) is 0 Å². The van der Waals surface area contributed by atoms with Crippen molar-refractivity contribution in [3.8, 4) is 0 Å². The van der Waals surface area contributed by atoms with Gasteiger partial charge in [-0.2, -0.15) is 0 Å². The quantitative estimate of drug-likeness (QED) is 0.594. The number of aryl methyl sites for hydroxylation is 1. The molecular weight excluding hydrogens is 453 g/mol. The number of pyridine rings is 1. The Morgan fingerprint density at radius 1 is 1.28 bits per heavy atom. The average molecular weight is 474 g/mol. The normalized spacial score (nSPS) is 17.8. The van der Waals surface area contributed by atoms with E-state index in [1.807, 2.05) is 21.6 Å². The van der Waals surface area contributed by atoms with Gasteiger partial charge in [-0.15, -0.1) is 0 Å². The van der Waals surface area contributed by atoms with E-state index < -0.39 is 17.2 Å². The minimum absolute atomic E-state index is 0.157. The zero-order chi connectivity index (χ0) is 22.6. The van der Waals surface area contributed by atoms with Gasteiger partial charge in [0.05, 0.1) is 21.6 Å². The lowest BCUT2D eigenvalue weighted by atomic mass is 10.00. The third-order valence-corrected chi connectivity index (χ3v) is 7.69. The standard InChI is InChI=1S/C23H21ClFN3O3S/c1-2-14-17-15(11-16(19(14)25)27-9-7-26-8-10-27)28-21(12-3-5-13(24)6-4-12)32-22(28)18(20(17)29)23(30)31/h3-6,11,21,26H,2,7-10H2,1H3,(H,30,31). The van der Waals surface area contributed by atoms with E-state index in [0.29, 0.717) is 34.3 Å². The van der Waals surface area contributed by atoms with Gasteiger partial charge in [0.15, 0.2) is 5.82 Å². The fraction of sp³-hybridized carbons (Fsp3) is 0.304. The first-order valence-corrected chi connectivity index (χ1v) is 11.7. The van der Waals surface area contributed by atoms with E-state index in [1.165, 1.54) is 11.8 Å². The molecule has 0 saturated carbocycles. The molecule has 2 aliphatic rings. The predicted molar refractivity (Wildman–Crippen MR) is 125 cm³/mol. The molecule has 3 heterocycles. The van der Waals surface area contributed by atoms with E-state index in [0.717, 1.165) is 18.7 Å². The van der Waals surface area contributed by atoms with Crippen molar-refractivity contribution in [2.75, 3.05) is 31.1 Å². The van der Waals surface area contributed by atoms with E-state index >= 15 is 4.39 Å². The van der Waals surface area contributed by atoms with Crippen LogP contribution in [0.5, 0.6) is 0 Å². The second-order valence-electron chi connectivity index (χ2n) is 7.88. The lowest BCUT2D eigenvalue weighted by molar-refractivity contribution is 0.0689. The highest BCUT2D eigenvalue weighted by Crippen LogP contribution is 2.51. The Kier molecular flexibility index (Phi) is 5.39. The molecule has 6 nitrogen and oxygen atoms in total. The highest BCUT2D eigenvalue weighted by molar-refractivity contribution is 8.00. The summed E-state index contributed by atoms with van der Waals surface area (Å²) in [4.78, 5) is 27.3. The van der Waals surface area contributed by atoms with Crippen LogP contribution in [0.1, 0.15) is 33.8 Å². The molecule has 1 saturated heterocycles. The van der Waals surface area contributed by atoms with Crippen LogP contribution in [0.25, 0.3) is 10.9 Å². The minimum Gasteiger partial charge on any atom is -0.477 e. The van der Waals surface area contributed by atoms with Gasteiger partial charge in [0, 0.05) is 36.8 Å². The first-order valence-electron chi connectivity index (χ1n) is 10.5. The molecule has 2 aliphatic heterocycles. The van der Waals surface area contributed by atoms with Crippen LogP contribution in [0.3, 0.4) is 0 Å². The van der Waals surface area contributed by atoms with Crippen molar-refractivity contribution in [1.82, 2.24) is 9.88 Å². The third-order valence-electron chi connectivity index (χ3n) is 6.11. The fourth-order valence-corrected chi connectivity index (χ4v) is 5.95. The largest absolute Gasteiger partial charge is 0.477 e. The number of halogens is 2. The molecule has 0 bridgehead atoms. The maximum absolute atomic E-state index is 15.6. The van der Waals surface area contributed by atoms with Crippen molar-refractivity contribution >= 4 is 45.9 Å². The van der Waals surface area contributed by atoms with E-state index in [9.17, 15) is 14.7 Å². The number of carboxylic acids is 1. The van der Waals surface area contributed by atoms with Crippen molar-refractivity contribution in [3.63, 3.8) is 0 Å². The van der Waals surface area contributed by atoms with Crippen molar-refractivity contribution in [3.05, 3.63) is 68.1 Å². The Morgan fingerprint density at radius 3 is 2.59 bits per heavy atom. The number of aromatic carboxylic acids is 1. The number of carboxylic acid groups (broad SMARTS) is 1. The van der Waals surface area contributed by atoms with Gasteiger partial charge in [0.2, 0.25) is 5.43 Å². The molecule has 3 aromatic rings. The number of thioether (sulfide) groups is 1. The molecule has 2 aromatic carbocycles. The van der Waals surface area contributed by atoms with Gasteiger partial charge in [-0.3, -0.25) is 4.79 Å². The average Bonchev–Trinajstić information content (AvgIpc) is 2.77. The van der Waals surface area contributed by atoms with Crippen molar-refractivity contribution in [2.45, 2.75) is 23.7 Å². The fourth-order valence-electron chi connectivity index (χ4n) is 4.54. The number of nitrogens with one attached hydrogen (secondary N) is 1. The molecule has 0 spiro atoms. The Morgan fingerprint density at radius 2 is 1.97 bits per heavy atom. The van der Waals surface area contributed by atoms with E-state index in [4.69, 9.17) is 11.6 Å². The molecule has 1 fully saturated rings. The number of nitrogens with zero attached hydrogens (tertiary/aromatic N) is 2. The van der Waals surface area contributed by atoms with Gasteiger partial charge in [-0.25, -0.2) is 9.18 Å². The Labute approximate surface area is 193 Å². The summed E-state index contributed by atoms with van der Waals surface area (Å²) in [6.07, 6.45) is 0.286. The van der Waals surface area contributed by atoms with E-state index in [2.05, 4.69) is 5.32 Å². The lowest BCUT2D eigenvalue weighted by Crippen LogP contribution is -2.44. The van der Waals surface area contributed by atoms with Crippen LogP contribution in [0.2, 0.25) is 5.02 Å². The monoisotopic (exact) mass is 473 g/mol. The Bertz CT molecular complexity index is 1300.